The lowest BCUT2D eigenvalue weighted by molar-refractivity contribution is -0.116. The van der Waals surface area contributed by atoms with Crippen LogP contribution in [0.15, 0.2) is 0 Å². The van der Waals surface area contributed by atoms with Crippen LogP contribution in [0.4, 0.5) is 8.78 Å². The summed E-state index contributed by atoms with van der Waals surface area (Å²) in [5, 5.41) is 0. The van der Waals surface area contributed by atoms with E-state index in [0.717, 1.165) is 6.54 Å². The fourth-order valence-corrected chi connectivity index (χ4v) is 3.64. The molecular formula is C10H17F2NS. The van der Waals surface area contributed by atoms with Gasteiger partial charge in [-0.25, -0.2) is 8.78 Å². The molecule has 1 saturated heterocycles. The number of alkyl halides is 2. The molecule has 2 aliphatic rings. The minimum Gasteiger partial charge on any atom is -0.302 e. The fraction of sp³-hybridized carbons (Fsp3) is 1.00. The number of rotatable bonds is 3. The van der Waals surface area contributed by atoms with Crippen molar-refractivity contribution in [2.45, 2.75) is 31.2 Å². The number of halogens is 2. The van der Waals surface area contributed by atoms with E-state index >= 15 is 0 Å². The van der Waals surface area contributed by atoms with Crippen LogP contribution in [0.2, 0.25) is 0 Å². The SMILES string of the molecule is CN(CC1CC(F)(F)C1)[C@H]1CCSC1. The normalized spacial score (nSPS) is 32.1. The van der Waals surface area contributed by atoms with Crippen LogP contribution >= 0.6 is 11.8 Å². The molecule has 0 radical (unpaired) electrons. The molecule has 0 bridgehead atoms. The second kappa shape index (κ2) is 3.97. The lowest BCUT2D eigenvalue weighted by Crippen LogP contribution is -2.44. The molecule has 2 rings (SSSR count). The molecule has 1 aliphatic carbocycles. The smallest absolute Gasteiger partial charge is 0.248 e. The molecule has 1 nitrogen and oxygen atoms in total. The molecule has 82 valence electrons. The third kappa shape index (κ3) is 2.40. The zero-order valence-corrected chi connectivity index (χ0v) is 9.33. The highest BCUT2D eigenvalue weighted by Gasteiger charge is 2.45. The van der Waals surface area contributed by atoms with E-state index in [4.69, 9.17) is 0 Å². The van der Waals surface area contributed by atoms with Crippen LogP contribution in [-0.4, -0.2) is 42.0 Å². The first-order valence-corrected chi connectivity index (χ1v) is 6.38. The van der Waals surface area contributed by atoms with Gasteiger partial charge in [0, 0.05) is 31.2 Å². The second-order valence-electron chi connectivity index (χ2n) is 4.59. The van der Waals surface area contributed by atoms with Crippen molar-refractivity contribution >= 4 is 11.8 Å². The van der Waals surface area contributed by atoms with Gasteiger partial charge in [-0.05, 0) is 25.1 Å². The van der Waals surface area contributed by atoms with Crippen LogP contribution in [0.1, 0.15) is 19.3 Å². The first kappa shape index (κ1) is 10.7. The molecule has 0 N–H and O–H groups in total. The van der Waals surface area contributed by atoms with Gasteiger partial charge in [0.15, 0.2) is 0 Å². The summed E-state index contributed by atoms with van der Waals surface area (Å²) >= 11 is 1.97. The molecule has 1 heterocycles. The fourth-order valence-electron chi connectivity index (χ4n) is 2.34. The van der Waals surface area contributed by atoms with Gasteiger partial charge >= 0.3 is 0 Å². The van der Waals surface area contributed by atoms with Gasteiger partial charge in [-0.15, -0.1) is 0 Å². The van der Waals surface area contributed by atoms with Gasteiger partial charge < -0.3 is 4.90 Å². The van der Waals surface area contributed by atoms with Gasteiger partial charge in [0.25, 0.3) is 0 Å². The summed E-state index contributed by atoms with van der Waals surface area (Å²) in [7, 11) is 2.08. The Morgan fingerprint density at radius 2 is 2.14 bits per heavy atom. The monoisotopic (exact) mass is 221 g/mol. The quantitative estimate of drug-likeness (QED) is 0.720. The molecule has 4 heteroatoms. The van der Waals surface area contributed by atoms with E-state index < -0.39 is 5.92 Å². The molecule has 0 aromatic heterocycles. The first-order chi connectivity index (χ1) is 6.57. The van der Waals surface area contributed by atoms with Gasteiger partial charge in [0.2, 0.25) is 5.92 Å². The largest absolute Gasteiger partial charge is 0.302 e. The number of thioether (sulfide) groups is 1. The van der Waals surface area contributed by atoms with Crippen molar-refractivity contribution in [3.8, 4) is 0 Å². The third-order valence-corrected chi connectivity index (χ3v) is 4.39. The summed E-state index contributed by atoms with van der Waals surface area (Å²) in [4.78, 5) is 2.28. The van der Waals surface area contributed by atoms with Crippen molar-refractivity contribution in [3.63, 3.8) is 0 Å². The van der Waals surface area contributed by atoms with E-state index in [1.165, 1.54) is 17.9 Å². The molecule has 2 fully saturated rings. The van der Waals surface area contributed by atoms with Gasteiger partial charge in [0.05, 0.1) is 0 Å². The van der Waals surface area contributed by atoms with Crippen molar-refractivity contribution in [2.75, 3.05) is 25.1 Å². The van der Waals surface area contributed by atoms with Crippen LogP contribution in [0.3, 0.4) is 0 Å². The highest BCUT2D eigenvalue weighted by Crippen LogP contribution is 2.42. The molecule has 14 heavy (non-hydrogen) atoms. The van der Waals surface area contributed by atoms with Crippen LogP contribution in [0.5, 0.6) is 0 Å². The van der Waals surface area contributed by atoms with E-state index in [1.54, 1.807) is 0 Å². The average molecular weight is 221 g/mol. The Balaban J connectivity index is 1.70. The zero-order valence-electron chi connectivity index (χ0n) is 8.51. The van der Waals surface area contributed by atoms with Crippen molar-refractivity contribution in [2.24, 2.45) is 5.92 Å². The van der Waals surface area contributed by atoms with E-state index in [0.29, 0.717) is 6.04 Å². The zero-order chi connectivity index (χ0) is 10.2. The summed E-state index contributed by atoms with van der Waals surface area (Å²) in [6.07, 6.45) is 1.44. The summed E-state index contributed by atoms with van der Waals surface area (Å²) < 4.78 is 25.2. The maximum absolute atomic E-state index is 12.6. The lowest BCUT2D eigenvalue weighted by atomic mass is 9.81. The molecular weight excluding hydrogens is 204 g/mol. The van der Waals surface area contributed by atoms with Crippen LogP contribution in [0, 0.1) is 5.92 Å². The minimum atomic E-state index is -2.35. The maximum atomic E-state index is 12.6. The molecule has 0 aromatic rings. The lowest BCUT2D eigenvalue weighted by Gasteiger charge is -2.38. The minimum absolute atomic E-state index is 0.108. The summed E-state index contributed by atoms with van der Waals surface area (Å²) in [5.41, 5.74) is 0. The predicted octanol–water partition coefficient (Wildman–Crippen LogP) is 2.47. The molecule has 0 aromatic carbocycles. The average Bonchev–Trinajstić information content (AvgIpc) is 2.51. The molecule has 1 aliphatic heterocycles. The molecule has 0 spiro atoms. The Morgan fingerprint density at radius 3 is 2.64 bits per heavy atom. The Hall–Kier alpha value is 0.170. The van der Waals surface area contributed by atoms with Gasteiger partial charge in [-0.2, -0.15) is 11.8 Å². The molecule has 1 saturated carbocycles. The topological polar surface area (TPSA) is 3.24 Å². The molecule has 0 unspecified atom stereocenters. The van der Waals surface area contributed by atoms with E-state index in [-0.39, 0.29) is 18.8 Å². The van der Waals surface area contributed by atoms with Crippen molar-refractivity contribution in [3.05, 3.63) is 0 Å². The maximum Gasteiger partial charge on any atom is 0.248 e. The predicted molar refractivity (Wildman–Crippen MR) is 56.0 cm³/mol. The van der Waals surface area contributed by atoms with E-state index in [2.05, 4.69) is 11.9 Å². The number of hydrogen-bond acceptors (Lipinski definition) is 2. The number of nitrogens with zero attached hydrogens (tertiary/aromatic N) is 1. The Bertz CT molecular complexity index is 196. The standard InChI is InChI=1S/C10H17F2NS/c1-13(9-2-3-14-7-9)6-8-4-10(11,12)5-8/h8-9H,2-7H2,1H3/t9-/m0/s1. The van der Waals surface area contributed by atoms with Crippen molar-refractivity contribution in [1.29, 1.82) is 0 Å². The Labute approximate surface area is 88.2 Å². The highest BCUT2D eigenvalue weighted by molar-refractivity contribution is 7.99. The van der Waals surface area contributed by atoms with E-state index in [1.807, 2.05) is 11.8 Å². The van der Waals surface area contributed by atoms with Gasteiger partial charge in [-0.1, -0.05) is 0 Å². The summed E-state index contributed by atoms with van der Waals surface area (Å²) in [5.74, 6) is 0.298. The Morgan fingerprint density at radius 1 is 1.43 bits per heavy atom. The molecule has 1 atom stereocenters. The van der Waals surface area contributed by atoms with Gasteiger partial charge in [-0.3, -0.25) is 0 Å². The summed E-state index contributed by atoms with van der Waals surface area (Å²) in [6.45, 7) is 0.862. The van der Waals surface area contributed by atoms with E-state index in [9.17, 15) is 8.78 Å². The first-order valence-electron chi connectivity index (χ1n) is 5.23. The van der Waals surface area contributed by atoms with Crippen LogP contribution in [-0.2, 0) is 0 Å². The summed E-state index contributed by atoms with van der Waals surface area (Å²) in [6, 6.07) is 0.634. The van der Waals surface area contributed by atoms with Crippen LogP contribution < -0.4 is 0 Å². The van der Waals surface area contributed by atoms with Gasteiger partial charge in [0.1, 0.15) is 0 Å². The van der Waals surface area contributed by atoms with Crippen LogP contribution in [0.25, 0.3) is 0 Å². The van der Waals surface area contributed by atoms with Crippen molar-refractivity contribution < 1.29 is 8.78 Å². The Kier molecular flexibility index (Phi) is 3.03. The number of hydrogen-bond donors (Lipinski definition) is 0. The van der Waals surface area contributed by atoms with Crippen molar-refractivity contribution in [1.82, 2.24) is 4.90 Å². The molecule has 0 amide bonds. The highest BCUT2D eigenvalue weighted by atomic mass is 32.2. The second-order valence-corrected chi connectivity index (χ2v) is 5.74. The third-order valence-electron chi connectivity index (χ3n) is 3.25.